The summed E-state index contributed by atoms with van der Waals surface area (Å²) in [6.07, 6.45) is 1.20. The normalized spacial score (nSPS) is 15.0. The predicted octanol–water partition coefficient (Wildman–Crippen LogP) is 6.41. The van der Waals surface area contributed by atoms with Crippen molar-refractivity contribution in [2.45, 2.75) is 31.0 Å². The highest BCUT2D eigenvalue weighted by Gasteiger charge is 2.34. The SMILES string of the molecule is CCN1CCN(Cc2ccc(NC(=O)CCSc3ccc4c(/C=C/c5ccccn5)n[nH]c4c3)cc2C(F)(F)F)CC1. The number of amides is 1. The van der Waals surface area contributed by atoms with Crippen LogP contribution in [0.5, 0.6) is 0 Å². The number of alkyl halides is 3. The van der Waals surface area contributed by atoms with Gasteiger partial charge in [0.05, 0.1) is 22.5 Å². The molecule has 5 rings (SSSR count). The fraction of sp³-hybridized carbons (Fsp3) is 0.323. The predicted molar refractivity (Wildman–Crippen MR) is 162 cm³/mol. The standard InChI is InChI=1S/C31H33F3N6OS/c1-2-39-14-16-40(17-15-39)21-22-6-7-24(19-27(22)31(32,33)34)36-30(41)12-18-42-25-9-10-26-28(37-38-29(26)20-25)11-8-23-5-3-4-13-35-23/h3-11,13,19-20H,2,12,14-18,21H2,1H3,(H,36,41)(H,37,38)/b11-8+. The highest BCUT2D eigenvalue weighted by atomic mass is 32.2. The molecule has 0 aliphatic carbocycles. The van der Waals surface area contributed by atoms with E-state index >= 15 is 0 Å². The third kappa shape index (κ3) is 7.78. The van der Waals surface area contributed by atoms with Crippen molar-refractivity contribution in [2.24, 2.45) is 0 Å². The van der Waals surface area contributed by atoms with Crippen LogP contribution >= 0.6 is 11.8 Å². The quantitative estimate of drug-likeness (QED) is 0.207. The number of likely N-dealkylation sites (N-methyl/N-ethyl adjacent to an activating group) is 1. The second-order valence-corrected chi connectivity index (χ2v) is 11.3. The van der Waals surface area contributed by atoms with E-state index in [9.17, 15) is 18.0 Å². The van der Waals surface area contributed by atoms with Crippen molar-refractivity contribution < 1.29 is 18.0 Å². The van der Waals surface area contributed by atoms with Crippen molar-refractivity contribution in [3.8, 4) is 0 Å². The maximum atomic E-state index is 13.9. The number of benzene rings is 2. The van der Waals surface area contributed by atoms with Gasteiger partial charge in [0.15, 0.2) is 0 Å². The Morgan fingerprint density at radius 2 is 1.86 bits per heavy atom. The van der Waals surface area contributed by atoms with Crippen LogP contribution in [0.2, 0.25) is 0 Å². The highest BCUT2D eigenvalue weighted by molar-refractivity contribution is 7.99. The van der Waals surface area contributed by atoms with Crippen molar-refractivity contribution in [1.82, 2.24) is 25.0 Å². The summed E-state index contributed by atoms with van der Waals surface area (Å²) in [4.78, 5) is 22.2. The molecule has 2 aromatic carbocycles. The van der Waals surface area contributed by atoms with Crippen LogP contribution in [0.3, 0.4) is 0 Å². The molecule has 1 aliphatic heterocycles. The molecule has 0 spiro atoms. The number of rotatable bonds is 10. The number of piperazine rings is 1. The Morgan fingerprint density at radius 3 is 2.60 bits per heavy atom. The number of thioether (sulfide) groups is 1. The summed E-state index contributed by atoms with van der Waals surface area (Å²) >= 11 is 1.50. The Hall–Kier alpha value is -3.67. The van der Waals surface area contributed by atoms with Crippen LogP contribution < -0.4 is 5.32 Å². The van der Waals surface area contributed by atoms with Gasteiger partial charge in [0, 0.05) is 67.1 Å². The van der Waals surface area contributed by atoms with Crippen LogP contribution in [-0.2, 0) is 17.5 Å². The summed E-state index contributed by atoms with van der Waals surface area (Å²) in [7, 11) is 0. The number of pyridine rings is 1. The molecule has 7 nitrogen and oxygen atoms in total. The molecule has 11 heteroatoms. The van der Waals surface area contributed by atoms with Crippen molar-refractivity contribution in [3.63, 3.8) is 0 Å². The Bertz CT molecular complexity index is 1530. The average Bonchev–Trinajstić information content (AvgIpc) is 3.39. The zero-order chi connectivity index (χ0) is 29.5. The fourth-order valence-electron chi connectivity index (χ4n) is 4.92. The number of H-pyrrole nitrogens is 1. The van der Waals surface area contributed by atoms with E-state index in [4.69, 9.17) is 0 Å². The zero-order valence-corrected chi connectivity index (χ0v) is 24.1. The van der Waals surface area contributed by atoms with E-state index in [1.807, 2.05) is 53.5 Å². The molecule has 3 heterocycles. The van der Waals surface area contributed by atoms with Gasteiger partial charge in [-0.05, 0) is 66.7 Å². The second kappa shape index (κ2) is 13.5. The van der Waals surface area contributed by atoms with E-state index in [-0.39, 0.29) is 30.1 Å². The van der Waals surface area contributed by atoms with Gasteiger partial charge in [0.25, 0.3) is 0 Å². The molecule has 0 radical (unpaired) electrons. The number of hydrogen-bond acceptors (Lipinski definition) is 6. The van der Waals surface area contributed by atoms with E-state index in [1.165, 1.54) is 17.8 Å². The van der Waals surface area contributed by atoms with Crippen LogP contribution in [0, 0.1) is 0 Å². The molecule has 1 amide bonds. The van der Waals surface area contributed by atoms with E-state index in [0.717, 1.165) is 66.0 Å². The summed E-state index contributed by atoms with van der Waals surface area (Å²) < 4.78 is 41.7. The number of fused-ring (bicyclic) bond motifs is 1. The van der Waals surface area contributed by atoms with Gasteiger partial charge in [-0.15, -0.1) is 11.8 Å². The lowest BCUT2D eigenvalue weighted by molar-refractivity contribution is -0.138. The molecule has 0 saturated carbocycles. The molecule has 1 saturated heterocycles. The van der Waals surface area contributed by atoms with E-state index in [1.54, 1.807) is 12.3 Å². The smallest absolute Gasteiger partial charge is 0.326 e. The van der Waals surface area contributed by atoms with Gasteiger partial charge < -0.3 is 10.2 Å². The van der Waals surface area contributed by atoms with Gasteiger partial charge in [0.2, 0.25) is 5.91 Å². The number of aromatic nitrogens is 3. The number of hydrogen-bond donors (Lipinski definition) is 2. The molecule has 0 unspecified atom stereocenters. The number of aromatic amines is 1. The van der Waals surface area contributed by atoms with Gasteiger partial charge in [-0.2, -0.15) is 18.3 Å². The minimum atomic E-state index is -4.50. The largest absolute Gasteiger partial charge is 0.416 e. The van der Waals surface area contributed by atoms with Crippen molar-refractivity contribution in [2.75, 3.05) is 43.8 Å². The number of anilines is 1. The van der Waals surface area contributed by atoms with Gasteiger partial charge in [0.1, 0.15) is 0 Å². The number of carbonyl (C=O) groups is 1. The molecular weight excluding hydrogens is 561 g/mol. The molecular formula is C31H33F3N6OS. The number of halogens is 3. The maximum Gasteiger partial charge on any atom is 0.416 e. The first-order valence-corrected chi connectivity index (χ1v) is 14.9. The van der Waals surface area contributed by atoms with E-state index < -0.39 is 11.7 Å². The maximum absolute atomic E-state index is 13.9. The van der Waals surface area contributed by atoms with Crippen LogP contribution in [0.25, 0.3) is 23.1 Å². The number of nitrogens with zero attached hydrogens (tertiary/aromatic N) is 4. The summed E-state index contributed by atoms with van der Waals surface area (Å²) in [5.41, 5.74) is 2.19. The first-order chi connectivity index (χ1) is 20.3. The number of nitrogens with one attached hydrogen (secondary N) is 2. The third-order valence-electron chi connectivity index (χ3n) is 7.27. The molecule has 0 atom stereocenters. The lowest BCUT2D eigenvalue weighted by Crippen LogP contribution is -2.45. The molecule has 0 bridgehead atoms. The lowest BCUT2D eigenvalue weighted by Gasteiger charge is -2.34. The van der Waals surface area contributed by atoms with Gasteiger partial charge in [-0.3, -0.25) is 19.8 Å². The summed E-state index contributed by atoms with van der Waals surface area (Å²) in [6, 6.07) is 15.7. The molecule has 2 aromatic heterocycles. The minimum Gasteiger partial charge on any atom is -0.326 e. The van der Waals surface area contributed by atoms with E-state index in [2.05, 4.69) is 32.3 Å². The second-order valence-electron chi connectivity index (χ2n) is 10.1. The first-order valence-electron chi connectivity index (χ1n) is 13.9. The first kappa shape index (κ1) is 29.8. The zero-order valence-electron chi connectivity index (χ0n) is 23.3. The summed E-state index contributed by atoms with van der Waals surface area (Å²) in [5, 5.41) is 11.0. The molecule has 4 aromatic rings. The number of carbonyl (C=O) groups excluding carboxylic acids is 1. The molecule has 42 heavy (non-hydrogen) atoms. The Kier molecular flexibility index (Phi) is 9.61. The van der Waals surface area contributed by atoms with E-state index in [0.29, 0.717) is 5.75 Å². The van der Waals surface area contributed by atoms with Crippen LogP contribution in [-0.4, -0.2) is 69.4 Å². The van der Waals surface area contributed by atoms with Gasteiger partial charge in [-0.25, -0.2) is 0 Å². The highest BCUT2D eigenvalue weighted by Crippen LogP contribution is 2.35. The minimum absolute atomic E-state index is 0.155. The Balaban J connectivity index is 1.15. The Labute approximate surface area is 247 Å². The van der Waals surface area contributed by atoms with Gasteiger partial charge in [-0.1, -0.05) is 19.1 Å². The third-order valence-corrected chi connectivity index (χ3v) is 8.26. The molecule has 1 aliphatic rings. The summed E-state index contributed by atoms with van der Waals surface area (Å²) in [6.45, 7) is 6.44. The van der Waals surface area contributed by atoms with Crippen LogP contribution in [0.4, 0.5) is 18.9 Å². The average molecular weight is 595 g/mol. The molecule has 1 fully saturated rings. The molecule has 2 N–H and O–H groups in total. The fourth-order valence-corrected chi connectivity index (χ4v) is 5.81. The molecule has 220 valence electrons. The lowest BCUT2D eigenvalue weighted by atomic mass is 10.0. The monoisotopic (exact) mass is 594 g/mol. The van der Waals surface area contributed by atoms with Crippen molar-refractivity contribution >= 4 is 46.4 Å². The van der Waals surface area contributed by atoms with Crippen LogP contribution in [0.15, 0.2) is 65.7 Å². The van der Waals surface area contributed by atoms with Crippen molar-refractivity contribution in [1.29, 1.82) is 0 Å². The van der Waals surface area contributed by atoms with Crippen molar-refractivity contribution in [3.05, 3.63) is 83.3 Å². The summed E-state index contributed by atoms with van der Waals surface area (Å²) in [5.74, 6) is 0.148. The Morgan fingerprint density at radius 1 is 1.05 bits per heavy atom. The topological polar surface area (TPSA) is 77.2 Å². The van der Waals surface area contributed by atoms with Crippen LogP contribution in [0.1, 0.15) is 35.9 Å². The van der Waals surface area contributed by atoms with Gasteiger partial charge >= 0.3 is 6.18 Å².